The van der Waals surface area contributed by atoms with E-state index < -0.39 is 8.07 Å². The summed E-state index contributed by atoms with van der Waals surface area (Å²) in [5.41, 5.74) is 0. The van der Waals surface area contributed by atoms with Gasteiger partial charge < -0.3 is 0 Å². The van der Waals surface area contributed by atoms with Crippen molar-refractivity contribution in [2.45, 2.75) is 62.7 Å². The van der Waals surface area contributed by atoms with Crippen LogP contribution >= 0.6 is 0 Å². The monoisotopic (exact) mass is 168 g/mol. The molecule has 1 heteroatoms. The van der Waals surface area contributed by atoms with E-state index in [1.165, 1.54) is 0 Å². The molecule has 2 aliphatic heterocycles. The molecule has 0 saturated carbocycles. The van der Waals surface area contributed by atoms with Gasteiger partial charge in [-0.05, 0) is 0 Å². The molecule has 0 radical (unpaired) electrons. The van der Waals surface area contributed by atoms with E-state index in [2.05, 4.69) is 0 Å². The normalized spacial score (nSPS) is 30.5. The predicted molar refractivity (Wildman–Crippen MR) is 52.7 cm³/mol. The highest BCUT2D eigenvalue weighted by Gasteiger charge is 2.34. The molecule has 2 saturated heterocycles. The van der Waals surface area contributed by atoms with Crippen LogP contribution in [0, 0.1) is 0 Å². The highest BCUT2D eigenvalue weighted by molar-refractivity contribution is 6.80. The van der Waals surface area contributed by atoms with Gasteiger partial charge in [0.25, 0.3) is 0 Å². The van der Waals surface area contributed by atoms with Crippen molar-refractivity contribution < 1.29 is 0 Å². The summed E-state index contributed by atoms with van der Waals surface area (Å²) in [4.78, 5) is 0. The van der Waals surface area contributed by atoms with E-state index in [0.717, 1.165) is 0 Å². The molecule has 2 rings (SSSR count). The minimum absolute atomic E-state index is 0.570. The van der Waals surface area contributed by atoms with Crippen molar-refractivity contribution in [1.82, 2.24) is 0 Å². The topological polar surface area (TPSA) is 0 Å². The number of hydrogen-bond donors (Lipinski definition) is 0. The molecular formula is C10H20Si. The summed E-state index contributed by atoms with van der Waals surface area (Å²) in [6, 6.07) is 6.81. The van der Waals surface area contributed by atoms with E-state index in [1.807, 2.05) is 0 Å². The van der Waals surface area contributed by atoms with E-state index >= 15 is 0 Å². The van der Waals surface area contributed by atoms with Crippen molar-refractivity contribution in [3.63, 3.8) is 0 Å². The third-order valence-corrected chi connectivity index (χ3v) is 9.49. The first-order chi connectivity index (χ1) is 5.41. The lowest BCUT2D eigenvalue weighted by Gasteiger charge is -2.38. The molecule has 0 nitrogen and oxygen atoms in total. The summed E-state index contributed by atoms with van der Waals surface area (Å²) in [6.07, 6.45) is 9.46. The first-order valence-electron chi connectivity index (χ1n) is 5.41. The van der Waals surface area contributed by atoms with Gasteiger partial charge in [-0.3, -0.25) is 0 Å². The van der Waals surface area contributed by atoms with E-state index in [9.17, 15) is 0 Å². The maximum atomic E-state index is 1.70. The highest BCUT2D eigenvalue weighted by Crippen LogP contribution is 2.40. The molecule has 0 unspecified atom stereocenters. The fourth-order valence-electron chi connectivity index (χ4n) is 3.10. The lowest BCUT2D eigenvalue weighted by atomic mass is 10.2. The Hall–Kier alpha value is 0.217. The predicted octanol–water partition coefficient (Wildman–Crippen LogP) is 3.80. The quantitative estimate of drug-likeness (QED) is 0.483. The van der Waals surface area contributed by atoms with Crippen molar-refractivity contribution in [3.8, 4) is 0 Å². The van der Waals surface area contributed by atoms with Gasteiger partial charge in [-0.15, -0.1) is 0 Å². The molecule has 0 aliphatic carbocycles. The Morgan fingerprint density at radius 2 is 0.818 bits per heavy atom. The Balaban J connectivity index is 1.94. The van der Waals surface area contributed by atoms with E-state index in [4.69, 9.17) is 0 Å². The molecule has 11 heavy (non-hydrogen) atoms. The average molecular weight is 168 g/mol. The fraction of sp³-hybridized carbons (Fsp3) is 1.00. The van der Waals surface area contributed by atoms with Gasteiger partial charge in [0.1, 0.15) is 0 Å². The first-order valence-corrected chi connectivity index (χ1v) is 8.24. The number of hydrogen-bond acceptors (Lipinski definition) is 0. The smallest absolute Gasteiger partial charge is 0.0535 e. The lowest BCUT2D eigenvalue weighted by Crippen LogP contribution is -2.37. The minimum Gasteiger partial charge on any atom is -0.0571 e. The number of rotatable bonds is 0. The zero-order valence-electron chi connectivity index (χ0n) is 7.57. The van der Waals surface area contributed by atoms with Crippen molar-refractivity contribution in [2.24, 2.45) is 0 Å². The molecule has 0 atom stereocenters. The molecule has 0 aromatic heterocycles. The summed E-state index contributed by atoms with van der Waals surface area (Å²) in [7, 11) is -0.570. The largest absolute Gasteiger partial charge is 0.0571 e. The molecular weight excluding hydrogens is 148 g/mol. The van der Waals surface area contributed by atoms with E-state index in [-0.39, 0.29) is 0 Å². The van der Waals surface area contributed by atoms with Gasteiger partial charge in [-0.25, -0.2) is 0 Å². The second kappa shape index (κ2) is 3.30. The van der Waals surface area contributed by atoms with Gasteiger partial charge in [-0.1, -0.05) is 62.7 Å². The van der Waals surface area contributed by atoms with Gasteiger partial charge in [0.2, 0.25) is 0 Å². The van der Waals surface area contributed by atoms with Crippen LogP contribution in [0.15, 0.2) is 0 Å². The van der Waals surface area contributed by atoms with Crippen LogP contribution in [0.4, 0.5) is 0 Å². The molecule has 0 amide bonds. The molecule has 0 N–H and O–H groups in total. The molecule has 2 aliphatic rings. The molecule has 2 heterocycles. The zero-order chi connectivity index (χ0) is 7.57. The Kier molecular flexibility index (Phi) is 2.35. The highest BCUT2D eigenvalue weighted by atomic mass is 28.3. The zero-order valence-corrected chi connectivity index (χ0v) is 8.57. The van der Waals surface area contributed by atoms with Crippen molar-refractivity contribution >= 4 is 8.07 Å². The molecule has 64 valence electrons. The fourth-order valence-corrected chi connectivity index (χ4v) is 8.60. The van der Waals surface area contributed by atoms with Crippen molar-refractivity contribution in [3.05, 3.63) is 0 Å². The average Bonchev–Trinajstić information content (AvgIpc) is 2.07. The van der Waals surface area contributed by atoms with Crippen LogP contribution in [0.5, 0.6) is 0 Å². The summed E-state index contributed by atoms with van der Waals surface area (Å²) in [5, 5.41) is 0. The molecule has 0 aromatic carbocycles. The van der Waals surface area contributed by atoms with Crippen molar-refractivity contribution in [2.75, 3.05) is 0 Å². The van der Waals surface area contributed by atoms with Crippen LogP contribution in [0.1, 0.15) is 38.5 Å². The maximum Gasteiger partial charge on any atom is 0.0535 e. The van der Waals surface area contributed by atoms with Gasteiger partial charge in [-0.2, -0.15) is 0 Å². The Morgan fingerprint density at radius 1 is 0.455 bits per heavy atom. The van der Waals surface area contributed by atoms with Gasteiger partial charge in [0.05, 0.1) is 8.07 Å². The van der Waals surface area contributed by atoms with Gasteiger partial charge in [0.15, 0.2) is 0 Å². The van der Waals surface area contributed by atoms with Gasteiger partial charge in [0, 0.05) is 0 Å². The Bertz CT molecular complexity index is 99.3. The summed E-state index contributed by atoms with van der Waals surface area (Å²) < 4.78 is 0. The summed E-state index contributed by atoms with van der Waals surface area (Å²) in [5.74, 6) is 0. The Morgan fingerprint density at radius 3 is 1.18 bits per heavy atom. The SMILES string of the molecule is C1CC[Si]2(CC1)CCCCC2. The first kappa shape index (κ1) is 7.84. The van der Waals surface area contributed by atoms with E-state index in [0.29, 0.717) is 0 Å². The molecule has 0 aromatic rings. The van der Waals surface area contributed by atoms with Crippen LogP contribution < -0.4 is 0 Å². The molecule has 0 bridgehead atoms. The van der Waals surface area contributed by atoms with Crippen LogP contribution in [0.25, 0.3) is 0 Å². The molecule has 2 fully saturated rings. The second-order valence-corrected chi connectivity index (χ2v) is 9.62. The van der Waals surface area contributed by atoms with Crippen LogP contribution in [-0.4, -0.2) is 8.07 Å². The summed E-state index contributed by atoms with van der Waals surface area (Å²) >= 11 is 0. The Labute approximate surface area is 71.4 Å². The van der Waals surface area contributed by atoms with Crippen molar-refractivity contribution in [1.29, 1.82) is 0 Å². The lowest BCUT2D eigenvalue weighted by molar-refractivity contribution is 0.642. The standard InChI is InChI=1S/C10H20Si/c1-3-7-11(8-4-1)9-5-2-6-10-11/h1-10H2. The van der Waals surface area contributed by atoms with Crippen LogP contribution in [0.2, 0.25) is 24.2 Å². The summed E-state index contributed by atoms with van der Waals surface area (Å²) in [6.45, 7) is 0. The third-order valence-electron chi connectivity index (χ3n) is 3.83. The third kappa shape index (κ3) is 1.69. The van der Waals surface area contributed by atoms with Crippen LogP contribution in [0.3, 0.4) is 0 Å². The maximum absolute atomic E-state index is 1.70. The molecule has 1 spiro atoms. The van der Waals surface area contributed by atoms with E-state index in [1.54, 1.807) is 62.7 Å². The van der Waals surface area contributed by atoms with Gasteiger partial charge >= 0.3 is 0 Å². The second-order valence-electron chi connectivity index (χ2n) is 4.62. The van der Waals surface area contributed by atoms with Crippen LogP contribution in [-0.2, 0) is 0 Å². The minimum atomic E-state index is -0.570.